The van der Waals surface area contributed by atoms with Crippen LogP contribution in [0.4, 0.5) is 5.69 Å². The highest BCUT2D eigenvalue weighted by Gasteiger charge is 2.27. The average Bonchev–Trinajstić information content (AvgIpc) is 3.27. The molecule has 0 radical (unpaired) electrons. The van der Waals surface area contributed by atoms with Gasteiger partial charge in [0.1, 0.15) is 5.58 Å². The Hall–Kier alpha value is -3.13. The molecule has 2 aromatic carbocycles. The number of benzene rings is 2. The number of nitrogens with zero attached hydrogens (tertiary/aromatic N) is 1. The average molecular weight is 413 g/mol. The minimum absolute atomic E-state index is 0.178. The molecule has 2 heterocycles. The number of carbonyl (C=O) groups is 2. The Morgan fingerprint density at radius 1 is 1.17 bits per heavy atom. The van der Waals surface area contributed by atoms with Crippen LogP contribution in [-0.4, -0.2) is 39.6 Å². The lowest BCUT2D eigenvalue weighted by Crippen LogP contribution is -2.27. The van der Waals surface area contributed by atoms with Gasteiger partial charge >= 0.3 is 5.97 Å². The Morgan fingerprint density at radius 2 is 1.93 bits per heavy atom. The molecule has 4 rings (SSSR count). The predicted molar refractivity (Wildman–Crippen MR) is 108 cm³/mol. The lowest BCUT2D eigenvalue weighted by molar-refractivity contribution is 0.0468. The fraction of sp³-hybridized carbons (Fsp3) is 0.238. The maximum Gasteiger partial charge on any atom is 0.338 e. The molecule has 1 aliphatic heterocycles. The first-order chi connectivity index (χ1) is 13.8. The summed E-state index contributed by atoms with van der Waals surface area (Å²) in [5.74, 6) is -0.888. The zero-order valence-electron chi connectivity index (χ0n) is 16.0. The maximum absolute atomic E-state index is 12.5. The second kappa shape index (κ2) is 7.04. The first-order valence-electron chi connectivity index (χ1n) is 9.05. The van der Waals surface area contributed by atoms with E-state index >= 15 is 0 Å². The molecule has 0 fully saturated rings. The minimum atomic E-state index is -3.35. The number of sulfonamides is 1. The number of hydrogen-bond donors (Lipinski definition) is 0. The van der Waals surface area contributed by atoms with E-state index in [0.29, 0.717) is 29.8 Å². The van der Waals surface area contributed by atoms with Crippen molar-refractivity contribution in [1.29, 1.82) is 0 Å². The number of carbonyl (C=O) groups excluding carboxylic acids is 2. The number of fused-ring (bicyclic) bond motifs is 2. The van der Waals surface area contributed by atoms with Crippen LogP contribution in [0.5, 0.6) is 0 Å². The van der Waals surface area contributed by atoms with Gasteiger partial charge in [-0.3, -0.25) is 9.10 Å². The molecule has 29 heavy (non-hydrogen) atoms. The number of ketones is 1. The van der Waals surface area contributed by atoms with Crippen LogP contribution in [-0.2, 0) is 21.2 Å². The summed E-state index contributed by atoms with van der Waals surface area (Å²) in [4.78, 5) is 24.8. The Labute approximate surface area is 167 Å². The fourth-order valence-corrected chi connectivity index (χ4v) is 4.52. The summed E-state index contributed by atoms with van der Waals surface area (Å²) in [6.07, 6.45) is 1.66. The van der Waals surface area contributed by atoms with Crippen molar-refractivity contribution in [2.45, 2.75) is 13.3 Å². The van der Waals surface area contributed by atoms with E-state index in [9.17, 15) is 18.0 Å². The van der Waals surface area contributed by atoms with Gasteiger partial charge in [0.2, 0.25) is 15.8 Å². The summed E-state index contributed by atoms with van der Waals surface area (Å²) in [7, 11) is -3.35. The van der Waals surface area contributed by atoms with Crippen LogP contribution in [0.2, 0.25) is 0 Å². The van der Waals surface area contributed by atoms with Crippen LogP contribution < -0.4 is 4.31 Å². The molecule has 0 unspecified atom stereocenters. The van der Waals surface area contributed by atoms with E-state index in [2.05, 4.69) is 0 Å². The van der Waals surface area contributed by atoms with Gasteiger partial charge in [0.05, 0.1) is 17.5 Å². The van der Waals surface area contributed by atoms with Crippen molar-refractivity contribution in [3.63, 3.8) is 0 Å². The molecule has 0 spiro atoms. The normalized spacial score (nSPS) is 13.5. The van der Waals surface area contributed by atoms with Crippen molar-refractivity contribution >= 4 is 38.4 Å². The Kier molecular flexibility index (Phi) is 4.66. The van der Waals surface area contributed by atoms with E-state index in [4.69, 9.17) is 9.15 Å². The Balaban J connectivity index is 1.47. The van der Waals surface area contributed by atoms with Crippen molar-refractivity contribution in [2.24, 2.45) is 0 Å². The molecule has 0 saturated carbocycles. The topological polar surface area (TPSA) is 93.9 Å². The quantitative estimate of drug-likeness (QED) is 0.471. The van der Waals surface area contributed by atoms with Crippen molar-refractivity contribution in [2.75, 3.05) is 23.7 Å². The van der Waals surface area contributed by atoms with Gasteiger partial charge in [-0.15, -0.1) is 0 Å². The second-order valence-corrected chi connectivity index (χ2v) is 8.89. The lowest BCUT2D eigenvalue weighted by Gasteiger charge is -2.16. The molecule has 0 aliphatic carbocycles. The number of furan rings is 1. The van der Waals surface area contributed by atoms with Crippen LogP contribution in [0.25, 0.3) is 11.0 Å². The third kappa shape index (κ3) is 3.51. The number of para-hydroxylation sites is 1. The SMILES string of the molecule is Cc1c(C(=O)COC(=O)c2ccc3c(c2)CCN3S(C)(=O)=O)oc2ccccc12. The van der Waals surface area contributed by atoms with Crippen LogP contribution in [0.1, 0.15) is 32.0 Å². The Morgan fingerprint density at radius 3 is 2.66 bits per heavy atom. The zero-order chi connectivity index (χ0) is 20.8. The van der Waals surface area contributed by atoms with E-state index in [-0.39, 0.29) is 11.3 Å². The number of Topliss-reactive ketones (excluding diaryl/α,β-unsaturated/α-hetero) is 1. The summed E-state index contributed by atoms with van der Waals surface area (Å²) >= 11 is 0. The molecule has 3 aromatic rings. The minimum Gasteiger partial charge on any atom is -0.454 e. The number of anilines is 1. The van der Waals surface area contributed by atoms with Crippen LogP contribution in [0.15, 0.2) is 46.9 Å². The molecule has 1 aliphatic rings. The van der Waals surface area contributed by atoms with Crippen molar-refractivity contribution < 1.29 is 27.2 Å². The second-order valence-electron chi connectivity index (χ2n) is 6.98. The van der Waals surface area contributed by atoms with E-state index in [0.717, 1.165) is 17.2 Å². The Bertz CT molecular complexity index is 1240. The molecule has 0 amide bonds. The molecular weight excluding hydrogens is 394 g/mol. The first-order valence-corrected chi connectivity index (χ1v) is 10.9. The zero-order valence-corrected chi connectivity index (χ0v) is 16.8. The molecule has 0 saturated heterocycles. The van der Waals surface area contributed by atoms with E-state index in [1.54, 1.807) is 25.1 Å². The van der Waals surface area contributed by atoms with Crippen molar-refractivity contribution in [3.8, 4) is 0 Å². The van der Waals surface area contributed by atoms with Gasteiger partial charge in [-0.25, -0.2) is 13.2 Å². The highest BCUT2D eigenvalue weighted by atomic mass is 32.2. The van der Waals surface area contributed by atoms with Crippen LogP contribution in [0, 0.1) is 6.92 Å². The third-order valence-corrected chi connectivity index (χ3v) is 6.18. The summed E-state index contributed by atoms with van der Waals surface area (Å²) < 4.78 is 35.7. The highest BCUT2D eigenvalue weighted by Crippen LogP contribution is 2.31. The van der Waals surface area contributed by atoms with Gasteiger partial charge in [0, 0.05) is 17.5 Å². The summed E-state index contributed by atoms with van der Waals surface area (Å²) in [6, 6.07) is 12.0. The standard InChI is InChI=1S/C21H19NO6S/c1-13-16-5-3-4-6-19(16)28-20(13)18(23)12-27-21(24)15-7-8-17-14(11-15)9-10-22(17)29(2,25)26/h3-8,11H,9-10,12H2,1-2H3. The largest absolute Gasteiger partial charge is 0.454 e. The maximum atomic E-state index is 12.5. The molecule has 8 heteroatoms. The predicted octanol–water partition coefficient (Wildman–Crippen LogP) is 3.10. The van der Waals surface area contributed by atoms with E-state index in [1.807, 2.05) is 18.2 Å². The third-order valence-electron chi connectivity index (χ3n) is 5.00. The van der Waals surface area contributed by atoms with Crippen molar-refractivity contribution in [1.82, 2.24) is 0 Å². The molecule has 150 valence electrons. The molecule has 0 bridgehead atoms. The number of ether oxygens (including phenoxy) is 1. The van der Waals surface area contributed by atoms with E-state index in [1.165, 1.54) is 10.4 Å². The van der Waals surface area contributed by atoms with Gasteiger partial charge in [0.25, 0.3) is 0 Å². The monoisotopic (exact) mass is 413 g/mol. The molecule has 0 N–H and O–H groups in total. The first kappa shape index (κ1) is 19.2. The number of rotatable bonds is 5. The van der Waals surface area contributed by atoms with Gasteiger partial charge in [-0.2, -0.15) is 0 Å². The van der Waals surface area contributed by atoms with Gasteiger partial charge in [0.15, 0.2) is 12.4 Å². The molecule has 1 aromatic heterocycles. The van der Waals surface area contributed by atoms with E-state index < -0.39 is 28.4 Å². The summed E-state index contributed by atoms with van der Waals surface area (Å²) in [6.45, 7) is 1.69. The van der Waals surface area contributed by atoms with Crippen LogP contribution >= 0.6 is 0 Å². The smallest absolute Gasteiger partial charge is 0.338 e. The summed E-state index contributed by atoms with van der Waals surface area (Å²) in [5.41, 5.74) is 2.91. The highest BCUT2D eigenvalue weighted by molar-refractivity contribution is 7.92. The van der Waals surface area contributed by atoms with Gasteiger partial charge in [-0.05, 0) is 43.2 Å². The lowest BCUT2D eigenvalue weighted by atomic mass is 10.1. The molecular formula is C21H19NO6S. The fourth-order valence-electron chi connectivity index (χ4n) is 3.56. The van der Waals surface area contributed by atoms with Crippen molar-refractivity contribution in [3.05, 3.63) is 64.9 Å². The molecule has 7 nitrogen and oxygen atoms in total. The number of aryl methyl sites for hydroxylation is 1. The van der Waals surface area contributed by atoms with Gasteiger partial charge < -0.3 is 9.15 Å². The van der Waals surface area contributed by atoms with Gasteiger partial charge in [-0.1, -0.05) is 18.2 Å². The number of esters is 1. The van der Waals surface area contributed by atoms with Crippen LogP contribution in [0.3, 0.4) is 0 Å². The number of hydrogen-bond acceptors (Lipinski definition) is 6. The summed E-state index contributed by atoms with van der Waals surface area (Å²) in [5, 5.41) is 0.844. The molecule has 0 atom stereocenters.